The number of hydrogen-bond donors (Lipinski definition) is 0. The average Bonchev–Trinajstić information content (AvgIpc) is 2.29. The molecule has 5 nitrogen and oxygen atoms in total. The van der Waals surface area contributed by atoms with E-state index in [2.05, 4.69) is 31.9 Å². The van der Waals surface area contributed by atoms with E-state index in [-0.39, 0.29) is 5.78 Å². The maximum atomic E-state index is 11.5. The highest BCUT2D eigenvalue weighted by Crippen LogP contribution is 2.49. The third-order valence-corrected chi connectivity index (χ3v) is 4.30. The van der Waals surface area contributed by atoms with Crippen LogP contribution in [0.3, 0.4) is 0 Å². The number of alkyl halides is 1. The Balaban J connectivity index is 4.09. The summed E-state index contributed by atoms with van der Waals surface area (Å²) >= 11 is 3.01. The molecule has 0 aliphatic rings. The van der Waals surface area contributed by atoms with E-state index in [0.717, 1.165) is 19.3 Å². The molecule has 0 fully saturated rings. The average molecular weight is 317 g/mol. The quantitative estimate of drug-likeness (QED) is 0.371. The minimum absolute atomic E-state index is 0.164. The third kappa shape index (κ3) is 6.11. The van der Waals surface area contributed by atoms with Crippen molar-refractivity contribution in [3.63, 3.8) is 0 Å². The van der Waals surface area contributed by atoms with Gasteiger partial charge in [-0.05, 0) is 22.4 Å². The number of ketones is 1. The predicted molar refractivity (Wildman–Crippen MR) is 64.6 cm³/mol. The van der Waals surface area contributed by atoms with Gasteiger partial charge in [0.1, 0.15) is 0 Å². The van der Waals surface area contributed by atoms with E-state index < -0.39 is 12.8 Å². The molecule has 0 aromatic heterocycles. The Morgan fingerprint density at radius 2 is 1.88 bits per heavy atom. The van der Waals surface area contributed by atoms with Gasteiger partial charge in [0.2, 0.25) is 0 Å². The molecule has 0 aliphatic heterocycles. The van der Waals surface area contributed by atoms with Gasteiger partial charge in [0.15, 0.2) is 10.8 Å². The second-order valence-corrected chi connectivity index (χ2v) is 5.82. The minimum Gasteiger partial charge on any atom is -0.296 e. The van der Waals surface area contributed by atoms with Gasteiger partial charge in [-0.2, -0.15) is 0 Å². The number of halogens is 1. The monoisotopic (exact) mass is 316 g/mol. The van der Waals surface area contributed by atoms with Gasteiger partial charge in [0, 0.05) is 20.6 Å². The molecule has 0 saturated carbocycles. The number of Topliss-reactive ketones (excluding diaryl/α,β-unsaturated/α-hetero) is 1. The number of rotatable bonds is 9. The number of phosphoric ester groups is 1. The van der Waals surface area contributed by atoms with Crippen LogP contribution in [0.25, 0.3) is 0 Å². The minimum atomic E-state index is -3.60. The molecule has 1 atom stereocenters. The number of hydrogen-bond acceptors (Lipinski definition) is 5. The van der Waals surface area contributed by atoms with E-state index in [1.165, 1.54) is 14.2 Å². The van der Waals surface area contributed by atoms with Crippen molar-refractivity contribution in [2.45, 2.75) is 37.6 Å². The van der Waals surface area contributed by atoms with Crippen LogP contribution < -0.4 is 0 Å². The SMILES string of the molecule is CCCCCC(=O)C(Br)OP(=O)(OC)OC. The molecule has 0 aromatic carbocycles. The lowest BCUT2D eigenvalue weighted by molar-refractivity contribution is -0.122. The van der Waals surface area contributed by atoms with Gasteiger partial charge in [-0.25, -0.2) is 4.57 Å². The maximum absolute atomic E-state index is 11.5. The summed E-state index contributed by atoms with van der Waals surface area (Å²) in [5, 5.41) is -0.949. The fraction of sp³-hybridized carbons (Fsp3) is 0.889. The number of carbonyl (C=O) groups is 1. The molecule has 16 heavy (non-hydrogen) atoms. The first-order chi connectivity index (χ1) is 7.49. The summed E-state index contributed by atoms with van der Waals surface area (Å²) < 4.78 is 25.6. The van der Waals surface area contributed by atoms with Crippen molar-refractivity contribution in [3.05, 3.63) is 0 Å². The molecule has 1 unspecified atom stereocenters. The van der Waals surface area contributed by atoms with Gasteiger partial charge >= 0.3 is 7.82 Å². The van der Waals surface area contributed by atoms with Crippen LogP contribution >= 0.6 is 23.8 Å². The summed E-state index contributed by atoms with van der Waals surface area (Å²) in [4.78, 5) is 11.5. The fourth-order valence-corrected chi connectivity index (χ4v) is 2.50. The molecule has 0 bridgehead atoms. The Kier molecular flexibility index (Phi) is 8.50. The molecule has 0 aliphatic carbocycles. The Labute approximate surface area is 105 Å². The summed E-state index contributed by atoms with van der Waals surface area (Å²) in [7, 11) is -1.20. The molecule has 0 heterocycles. The number of unbranched alkanes of at least 4 members (excludes halogenated alkanes) is 2. The van der Waals surface area contributed by atoms with Gasteiger partial charge in [-0.1, -0.05) is 19.8 Å². The van der Waals surface area contributed by atoms with Gasteiger partial charge in [-0.15, -0.1) is 0 Å². The molecule has 0 radical (unpaired) electrons. The molecule has 96 valence electrons. The largest absolute Gasteiger partial charge is 0.475 e. The van der Waals surface area contributed by atoms with Crippen molar-refractivity contribution in [1.29, 1.82) is 0 Å². The molecule has 0 amide bonds. The highest BCUT2D eigenvalue weighted by molar-refractivity contribution is 9.09. The maximum Gasteiger partial charge on any atom is 0.475 e. The molecule has 0 spiro atoms. The summed E-state index contributed by atoms with van der Waals surface area (Å²) in [5.41, 5.74) is 0. The zero-order chi connectivity index (χ0) is 12.6. The van der Waals surface area contributed by atoms with Crippen molar-refractivity contribution in [2.75, 3.05) is 14.2 Å². The molecular formula is C9H18BrO5P. The highest BCUT2D eigenvalue weighted by atomic mass is 79.9. The van der Waals surface area contributed by atoms with Crippen LogP contribution in [0.5, 0.6) is 0 Å². The zero-order valence-electron chi connectivity index (χ0n) is 9.77. The van der Waals surface area contributed by atoms with E-state index in [4.69, 9.17) is 4.52 Å². The summed E-state index contributed by atoms with van der Waals surface area (Å²) in [6.07, 6.45) is 3.20. The normalized spacial score (nSPS) is 13.8. The molecule has 0 N–H and O–H groups in total. The second-order valence-electron chi connectivity index (χ2n) is 3.16. The Bertz CT molecular complexity index is 250. The smallest absolute Gasteiger partial charge is 0.296 e. The topological polar surface area (TPSA) is 61.8 Å². The Hall–Kier alpha value is 0.260. The molecule has 0 saturated heterocycles. The van der Waals surface area contributed by atoms with Crippen LogP contribution in [0.1, 0.15) is 32.6 Å². The predicted octanol–water partition coefficient (Wildman–Crippen LogP) is 3.27. The lowest BCUT2D eigenvalue weighted by Crippen LogP contribution is -2.17. The van der Waals surface area contributed by atoms with Gasteiger partial charge in [-0.3, -0.25) is 18.4 Å². The van der Waals surface area contributed by atoms with Crippen molar-refractivity contribution in [1.82, 2.24) is 0 Å². The number of carbonyl (C=O) groups excluding carboxylic acids is 1. The van der Waals surface area contributed by atoms with Crippen LogP contribution in [0.2, 0.25) is 0 Å². The van der Waals surface area contributed by atoms with Crippen LogP contribution in [0.4, 0.5) is 0 Å². The van der Waals surface area contributed by atoms with E-state index in [9.17, 15) is 9.36 Å². The van der Waals surface area contributed by atoms with Crippen LogP contribution in [-0.2, 0) is 22.9 Å². The Morgan fingerprint density at radius 3 is 2.31 bits per heavy atom. The highest BCUT2D eigenvalue weighted by Gasteiger charge is 2.30. The van der Waals surface area contributed by atoms with E-state index in [0.29, 0.717) is 6.42 Å². The Morgan fingerprint density at radius 1 is 1.31 bits per heavy atom. The van der Waals surface area contributed by atoms with Crippen LogP contribution in [-0.4, -0.2) is 25.0 Å². The van der Waals surface area contributed by atoms with Crippen molar-refractivity contribution in [2.24, 2.45) is 0 Å². The fourth-order valence-electron chi connectivity index (χ4n) is 0.995. The molecule has 0 aromatic rings. The molecule has 7 heteroatoms. The van der Waals surface area contributed by atoms with Crippen molar-refractivity contribution < 1.29 is 22.9 Å². The standard InChI is InChI=1S/C9H18BrO5P/c1-4-5-6-7-8(11)9(10)15-16(12,13-2)14-3/h9H,4-7H2,1-3H3. The summed E-state index contributed by atoms with van der Waals surface area (Å²) in [6, 6.07) is 0. The van der Waals surface area contributed by atoms with E-state index in [1.54, 1.807) is 0 Å². The van der Waals surface area contributed by atoms with E-state index >= 15 is 0 Å². The summed E-state index contributed by atoms with van der Waals surface area (Å²) in [6.45, 7) is 2.05. The van der Waals surface area contributed by atoms with Crippen molar-refractivity contribution in [3.8, 4) is 0 Å². The first kappa shape index (κ1) is 16.3. The van der Waals surface area contributed by atoms with Crippen molar-refractivity contribution >= 4 is 29.5 Å². The van der Waals surface area contributed by atoms with Crippen LogP contribution in [0.15, 0.2) is 0 Å². The van der Waals surface area contributed by atoms with Gasteiger partial charge in [0.25, 0.3) is 0 Å². The number of phosphoric acid groups is 1. The second kappa shape index (κ2) is 8.37. The first-order valence-corrected chi connectivity index (χ1v) is 7.43. The lowest BCUT2D eigenvalue weighted by Gasteiger charge is -2.16. The summed E-state index contributed by atoms with van der Waals surface area (Å²) in [5.74, 6) is -0.164. The molecular weight excluding hydrogens is 299 g/mol. The zero-order valence-corrected chi connectivity index (χ0v) is 12.3. The van der Waals surface area contributed by atoms with Gasteiger partial charge in [0.05, 0.1) is 0 Å². The molecule has 0 rings (SSSR count). The lowest BCUT2D eigenvalue weighted by atomic mass is 10.1. The van der Waals surface area contributed by atoms with Gasteiger partial charge < -0.3 is 0 Å². The third-order valence-electron chi connectivity index (χ3n) is 1.95. The van der Waals surface area contributed by atoms with E-state index in [1.807, 2.05) is 0 Å². The first-order valence-electron chi connectivity index (χ1n) is 5.05. The van der Waals surface area contributed by atoms with Crippen LogP contribution in [0, 0.1) is 0 Å².